The third kappa shape index (κ3) is 4.14. The predicted octanol–water partition coefficient (Wildman–Crippen LogP) is -0.153. The summed E-state index contributed by atoms with van der Waals surface area (Å²) in [6.07, 6.45) is -0.937. The highest BCUT2D eigenvalue weighted by molar-refractivity contribution is 4.69. The van der Waals surface area contributed by atoms with Crippen LogP contribution in [0.3, 0.4) is 0 Å². The second-order valence-electron chi connectivity index (χ2n) is 1.37. The monoisotopic (exact) mass is 180 g/mol. The summed E-state index contributed by atoms with van der Waals surface area (Å²) in [5, 5.41) is 21.4. The van der Waals surface area contributed by atoms with E-state index >= 15 is 0 Å². The number of nitrogens with zero attached hydrogens (tertiary/aromatic N) is 2. The van der Waals surface area contributed by atoms with Crippen LogP contribution in [0.15, 0.2) is 12.7 Å². The molecule has 0 aliphatic heterocycles. The molecule has 0 aromatic heterocycles. The average molecular weight is 180 g/mol. The Bertz CT molecular complexity index is 191. The fourth-order valence-electron chi connectivity index (χ4n) is 0.243. The molecule has 0 aliphatic carbocycles. The molecular formula is C3H4N2O7. The van der Waals surface area contributed by atoms with Crippen LogP contribution in [0.2, 0.25) is 0 Å². The molecule has 0 aromatic rings. The first-order chi connectivity index (χ1) is 5.57. The Labute approximate surface area is 65.2 Å². The normalized spacial score (nSPS) is 11.7. The van der Waals surface area contributed by atoms with E-state index in [0.717, 1.165) is 6.08 Å². The lowest BCUT2D eigenvalue weighted by Gasteiger charge is -2.00. The third-order valence-electron chi connectivity index (χ3n) is 0.639. The molecule has 1 unspecified atom stereocenters. The zero-order chi connectivity index (χ0) is 9.56. The molecule has 9 heteroatoms. The largest absolute Gasteiger partial charge is 0.363 e. The minimum Gasteiger partial charge on any atom is -0.261 e. The van der Waals surface area contributed by atoms with E-state index in [9.17, 15) is 20.2 Å². The van der Waals surface area contributed by atoms with Crippen LogP contribution in [0.4, 0.5) is 0 Å². The molecule has 0 saturated carbocycles. The molecule has 0 aromatic carbocycles. The lowest BCUT2D eigenvalue weighted by Crippen LogP contribution is -2.21. The minimum absolute atomic E-state index is 0.767. The van der Waals surface area contributed by atoms with Crippen molar-refractivity contribution in [3.63, 3.8) is 0 Å². The van der Waals surface area contributed by atoms with Crippen molar-refractivity contribution in [2.75, 3.05) is 0 Å². The van der Waals surface area contributed by atoms with Gasteiger partial charge in [-0.15, -0.1) is 20.0 Å². The van der Waals surface area contributed by atoms with Crippen molar-refractivity contribution >= 4 is 0 Å². The molecule has 0 amide bonds. The maximum Gasteiger partial charge on any atom is 0.363 e. The van der Waals surface area contributed by atoms with Gasteiger partial charge in [-0.1, -0.05) is 6.58 Å². The Hall–Kier alpha value is -1.74. The minimum atomic E-state index is -1.70. The smallest absolute Gasteiger partial charge is 0.261 e. The van der Waals surface area contributed by atoms with Crippen molar-refractivity contribution in [3.05, 3.63) is 32.9 Å². The molecule has 0 rings (SSSR count). The van der Waals surface area contributed by atoms with Crippen LogP contribution >= 0.6 is 0 Å². The number of nitro groups is 1. The Balaban J connectivity index is 3.66. The number of hydrogen-bond donors (Lipinski definition) is 0. The van der Waals surface area contributed by atoms with Gasteiger partial charge >= 0.3 is 11.3 Å². The molecule has 0 fully saturated rings. The van der Waals surface area contributed by atoms with Gasteiger partial charge in [0, 0.05) is 6.08 Å². The molecular weight excluding hydrogens is 176 g/mol. The Morgan fingerprint density at radius 2 is 2.00 bits per heavy atom. The van der Waals surface area contributed by atoms with E-state index < -0.39 is 16.2 Å². The summed E-state index contributed by atoms with van der Waals surface area (Å²) in [4.78, 5) is 25.4. The van der Waals surface area contributed by atoms with Crippen LogP contribution in [-0.2, 0) is 14.9 Å². The lowest BCUT2D eigenvalue weighted by molar-refractivity contribution is -0.900. The second-order valence-corrected chi connectivity index (χ2v) is 1.37. The highest BCUT2D eigenvalue weighted by Gasteiger charge is 2.17. The van der Waals surface area contributed by atoms with Gasteiger partial charge in [-0.2, -0.15) is 0 Å². The summed E-state index contributed by atoms with van der Waals surface area (Å²) in [7, 11) is 0. The fraction of sp³-hybridized carbons (Fsp3) is 0.333. The van der Waals surface area contributed by atoms with E-state index in [0.29, 0.717) is 0 Å². The van der Waals surface area contributed by atoms with E-state index in [1.807, 2.05) is 0 Å². The summed E-state index contributed by atoms with van der Waals surface area (Å²) in [5.41, 5.74) is 0. The second kappa shape index (κ2) is 4.98. The van der Waals surface area contributed by atoms with Crippen molar-refractivity contribution < 1.29 is 24.9 Å². The molecule has 1 atom stereocenters. The van der Waals surface area contributed by atoms with Crippen molar-refractivity contribution in [2.45, 2.75) is 6.23 Å². The molecule has 68 valence electrons. The van der Waals surface area contributed by atoms with Gasteiger partial charge in [-0.3, -0.25) is 10.1 Å². The zero-order valence-electron chi connectivity index (χ0n) is 5.61. The molecule has 9 nitrogen and oxygen atoms in total. The van der Waals surface area contributed by atoms with Gasteiger partial charge in [0.1, 0.15) is 0 Å². The van der Waals surface area contributed by atoms with Crippen molar-refractivity contribution in [3.8, 4) is 0 Å². The molecule has 0 spiro atoms. The molecule has 0 saturated heterocycles. The standard InChI is InChI=1S/C3H4N2O7/c1-2-3(4(6)7)10-12-11-5(8)9/h2-3H,1H2. The Morgan fingerprint density at radius 3 is 2.33 bits per heavy atom. The first-order valence-electron chi connectivity index (χ1n) is 2.48. The number of hydrogen-bond acceptors (Lipinski definition) is 7. The quantitative estimate of drug-likeness (QED) is 0.183. The predicted molar refractivity (Wildman–Crippen MR) is 31.2 cm³/mol. The topological polar surface area (TPSA) is 114 Å². The van der Waals surface area contributed by atoms with Crippen molar-refractivity contribution in [1.82, 2.24) is 0 Å². The van der Waals surface area contributed by atoms with Crippen LogP contribution in [0.25, 0.3) is 0 Å². The summed E-state index contributed by atoms with van der Waals surface area (Å²) in [6, 6.07) is 0. The summed E-state index contributed by atoms with van der Waals surface area (Å²) >= 11 is 0. The molecule has 0 radical (unpaired) electrons. The Morgan fingerprint density at radius 1 is 1.42 bits per heavy atom. The summed E-state index contributed by atoms with van der Waals surface area (Å²) in [6.45, 7) is 3.01. The van der Waals surface area contributed by atoms with Crippen LogP contribution in [-0.4, -0.2) is 16.2 Å². The zero-order valence-corrected chi connectivity index (χ0v) is 5.61. The summed E-state index contributed by atoms with van der Waals surface area (Å²) < 4.78 is 0. The van der Waals surface area contributed by atoms with Gasteiger partial charge in [0.25, 0.3) is 0 Å². The van der Waals surface area contributed by atoms with E-state index in [-0.39, 0.29) is 0 Å². The SMILES string of the molecule is C=CC(OOO[N+](=O)[O-])[N+](=O)[O-]. The van der Waals surface area contributed by atoms with Crippen LogP contribution < -0.4 is 0 Å². The molecule has 0 aliphatic rings. The van der Waals surface area contributed by atoms with Crippen LogP contribution in [0.1, 0.15) is 0 Å². The molecule has 0 N–H and O–H groups in total. The maximum atomic E-state index is 9.91. The number of rotatable bonds is 6. The van der Waals surface area contributed by atoms with Gasteiger partial charge < -0.3 is 0 Å². The van der Waals surface area contributed by atoms with Gasteiger partial charge in [-0.05, 0) is 5.04 Å². The molecule has 0 bridgehead atoms. The van der Waals surface area contributed by atoms with Gasteiger partial charge in [0.05, 0.1) is 4.92 Å². The van der Waals surface area contributed by atoms with E-state index in [1.165, 1.54) is 0 Å². The molecule has 0 heterocycles. The first-order valence-corrected chi connectivity index (χ1v) is 2.48. The highest BCUT2D eigenvalue weighted by atomic mass is 17.6. The van der Waals surface area contributed by atoms with E-state index in [2.05, 4.69) is 21.5 Å². The fourth-order valence-corrected chi connectivity index (χ4v) is 0.243. The maximum absolute atomic E-state index is 9.91. The molecule has 12 heavy (non-hydrogen) atoms. The van der Waals surface area contributed by atoms with E-state index in [4.69, 9.17) is 0 Å². The Kier molecular flexibility index (Phi) is 4.26. The van der Waals surface area contributed by atoms with Gasteiger partial charge in [0.15, 0.2) is 0 Å². The lowest BCUT2D eigenvalue weighted by atomic mass is 10.6. The third-order valence-corrected chi connectivity index (χ3v) is 0.639. The van der Waals surface area contributed by atoms with Gasteiger partial charge in [0.2, 0.25) is 0 Å². The van der Waals surface area contributed by atoms with Crippen LogP contribution in [0, 0.1) is 20.2 Å². The summed E-state index contributed by atoms with van der Waals surface area (Å²) in [5.74, 6) is 0. The van der Waals surface area contributed by atoms with E-state index in [1.54, 1.807) is 0 Å². The van der Waals surface area contributed by atoms with Crippen LogP contribution in [0.5, 0.6) is 0 Å². The highest BCUT2D eigenvalue weighted by Crippen LogP contribution is 1.95. The van der Waals surface area contributed by atoms with Crippen molar-refractivity contribution in [2.24, 2.45) is 0 Å². The van der Waals surface area contributed by atoms with Gasteiger partial charge in [-0.25, -0.2) is 0 Å². The first kappa shape index (κ1) is 10.3. The average Bonchev–Trinajstić information content (AvgIpc) is 1.96. The van der Waals surface area contributed by atoms with Crippen molar-refractivity contribution in [1.29, 1.82) is 0 Å².